The second-order valence-corrected chi connectivity index (χ2v) is 12.2. The van der Waals surface area contributed by atoms with E-state index < -0.39 is 10.0 Å². The maximum Gasteiger partial charge on any atom is 0.253 e. The van der Waals surface area contributed by atoms with Gasteiger partial charge in [-0.2, -0.15) is 4.31 Å². The number of benzene rings is 3. The van der Waals surface area contributed by atoms with Gasteiger partial charge in [0.15, 0.2) is 0 Å². The Morgan fingerprint density at radius 3 is 1.98 bits per heavy atom. The molecule has 42 heavy (non-hydrogen) atoms. The van der Waals surface area contributed by atoms with E-state index in [0.29, 0.717) is 56.0 Å². The van der Waals surface area contributed by atoms with Gasteiger partial charge in [-0.05, 0) is 73.4 Å². The minimum Gasteiger partial charge on any atom is -0.497 e. The second kappa shape index (κ2) is 14.3. The first kappa shape index (κ1) is 31.1. The molecular weight excluding hydrogens is 554 g/mol. The number of piperidine rings is 1. The van der Waals surface area contributed by atoms with E-state index in [0.717, 1.165) is 5.56 Å². The van der Waals surface area contributed by atoms with Crippen molar-refractivity contribution in [3.05, 3.63) is 90.0 Å². The molecule has 1 aliphatic heterocycles. The third-order valence-corrected chi connectivity index (χ3v) is 9.39. The molecule has 1 fully saturated rings. The van der Waals surface area contributed by atoms with Crippen molar-refractivity contribution in [3.63, 3.8) is 0 Å². The smallest absolute Gasteiger partial charge is 0.253 e. The van der Waals surface area contributed by atoms with Gasteiger partial charge in [0.1, 0.15) is 11.5 Å². The number of sulfonamides is 1. The molecule has 0 saturated carbocycles. The average molecular weight is 594 g/mol. The van der Waals surface area contributed by atoms with Crippen molar-refractivity contribution < 1.29 is 27.5 Å². The number of hydrogen-bond donors (Lipinski definition) is 0. The number of methoxy groups -OCH3 is 2. The summed E-state index contributed by atoms with van der Waals surface area (Å²) in [6.45, 7) is 3.17. The van der Waals surface area contributed by atoms with E-state index >= 15 is 0 Å². The predicted octanol–water partition coefficient (Wildman–Crippen LogP) is 4.44. The van der Waals surface area contributed by atoms with Gasteiger partial charge in [0.25, 0.3) is 5.91 Å². The van der Waals surface area contributed by atoms with E-state index in [9.17, 15) is 18.0 Å². The largest absolute Gasteiger partial charge is 0.497 e. The highest BCUT2D eigenvalue weighted by atomic mass is 32.2. The summed E-state index contributed by atoms with van der Waals surface area (Å²) in [6.07, 6.45) is 1.75. The summed E-state index contributed by atoms with van der Waals surface area (Å²) in [6, 6.07) is 22.6. The number of hydrogen-bond acceptors (Lipinski definition) is 6. The van der Waals surface area contributed by atoms with Crippen molar-refractivity contribution in [2.75, 3.05) is 40.4 Å². The molecule has 0 unspecified atom stereocenters. The first-order valence-corrected chi connectivity index (χ1v) is 15.6. The van der Waals surface area contributed by atoms with Crippen molar-refractivity contribution in [2.24, 2.45) is 0 Å². The van der Waals surface area contributed by atoms with Crippen LogP contribution in [-0.4, -0.2) is 80.8 Å². The summed E-state index contributed by atoms with van der Waals surface area (Å²) in [4.78, 5) is 30.8. The van der Waals surface area contributed by atoms with Gasteiger partial charge in [-0.25, -0.2) is 8.42 Å². The minimum absolute atomic E-state index is 0.0628. The average Bonchev–Trinajstić information content (AvgIpc) is 3.04. The van der Waals surface area contributed by atoms with Crippen LogP contribution in [0.5, 0.6) is 11.5 Å². The van der Waals surface area contributed by atoms with Crippen LogP contribution in [0.4, 0.5) is 0 Å². The SMILES string of the molecule is CCCN(CC(=O)N(Cc1ccc(OC)cc1)C1CCN(C(=O)c2ccc(OC)cc2)CC1)S(=O)(=O)c1ccccc1. The molecule has 0 aromatic heterocycles. The van der Waals surface area contributed by atoms with Gasteiger partial charge in [-0.15, -0.1) is 0 Å². The quantitative estimate of drug-likeness (QED) is 0.308. The van der Waals surface area contributed by atoms with Crippen molar-refractivity contribution >= 4 is 21.8 Å². The van der Waals surface area contributed by atoms with Crippen LogP contribution in [0.3, 0.4) is 0 Å². The van der Waals surface area contributed by atoms with Gasteiger partial charge in [-0.1, -0.05) is 37.3 Å². The lowest BCUT2D eigenvalue weighted by molar-refractivity contribution is -0.135. The summed E-state index contributed by atoms with van der Waals surface area (Å²) in [5, 5.41) is 0. The molecule has 1 aliphatic rings. The minimum atomic E-state index is -3.85. The highest BCUT2D eigenvalue weighted by Crippen LogP contribution is 2.24. The van der Waals surface area contributed by atoms with Crippen molar-refractivity contribution in [2.45, 2.75) is 43.7 Å². The molecule has 0 radical (unpaired) electrons. The molecule has 1 saturated heterocycles. The molecule has 1 heterocycles. The first-order chi connectivity index (χ1) is 20.3. The molecule has 0 bridgehead atoms. The fourth-order valence-electron chi connectivity index (χ4n) is 5.16. The van der Waals surface area contributed by atoms with Gasteiger partial charge in [-0.3, -0.25) is 9.59 Å². The molecule has 0 N–H and O–H groups in total. The Morgan fingerprint density at radius 1 is 0.857 bits per heavy atom. The van der Waals surface area contributed by atoms with E-state index in [1.165, 1.54) is 4.31 Å². The fourth-order valence-corrected chi connectivity index (χ4v) is 6.66. The third kappa shape index (κ3) is 7.49. The van der Waals surface area contributed by atoms with E-state index in [1.54, 1.807) is 78.6 Å². The summed E-state index contributed by atoms with van der Waals surface area (Å²) >= 11 is 0. The summed E-state index contributed by atoms with van der Waals surface area (Å²) in [5.41, 5.74) is 1.50. The highest BCUT2D eigenvalue weighted by Gasteiger charge is 2.33. The predicted molar refractivity (Wildman–Crippen MR) is 161 cm³/mol. The number of rotatable bonds is 12. The molecule has 0 atom stereocenters. The van der Waals surface area contributed by atoms with Crippen LogP contribution in [0.25, 0.3) is 0 Å². The number of nitrogens with zero attached hydrogens (tertiary/aromatic N) is 3. The molecule has 3 aromatic rings. The summed E-state index contributed by atoms with van der Waals surface area (Å²) in [7, 11) is -0.672. The maximum absolute atomic E-state index is 13.9. The highest BCUT2D eigenvalue weighted by molar-refractivity contribution is 7.89. The van der Waals surface area contributed by atoms with Crippen LogP contribution in [0, 0.1) is 0 Å². The lowest BCUT2D eigenvalue weighted by Gasteiger charge is -2.39. The lowest BCUT2D eigenvalue weighted by atomic mass is 10.0. The Hall–Kier alpha value is -3.89. The monoisotopic (exact) mass is 593 g/mol. The Morgan fingerprint density at radius 2 is 1.43 bits per heavy atom. The van der Waals surface area contributed by atoms with Crippen molar-refractivity contribution in [1.82, 2.24) is 14.1 Å². The van der Waals surface area contributed by atoms with Gasteiger partial charge in [0.05, 0.1) is 25.7 Å². The Kier molecular flexibility index (Phi) is 10.6. The number of likely N-dealkylation sites (tertiary alicyclic amines) is 1. The number of carbonyl (C=O) groups is 2. The number of carbonyl (C=O) groups excluding carboxylic acids is 2. The van der Waals surface area contributed by atoms with Crippen molar-refractivity contribution in [3.8, 4) is 11.5 Å². The van der Waals surface area contributed by atoms with Gasteiger partial charge < -0.3 is 19.3 Å². The van der Waals surface area contributed by atoms with Crippen LogP contribution in [0.2, 0.25) is 0 Å². The van der Waals surface area contributed by atoms with E-state index in [-0.39, 0.29) is 35.8 Å². The number of ether oxygens (including phenoxy) is 2. The standard InChI is InChI=1S/C32H39N3O6S/c1-4-20-34(42(38,39)30-8-6-5-7-9-30)24-31(36)35(23-25-10-14-28(40-2)15-11-25)27-18-21-33(22-19-27)32(37)26-12-16-29(41-3)17-13-26/h5-17,27H,4,18-24H2,1-3H3. The molecule has 10 heteroatoms. The fraction of sp³-hybridized carbons (Fsp3) is 0.375. The van der Waals surface area contributed by atoms with Gasteiger partial charge in [0.2, 0.25) is 15.9 Å². The van der Waals surface area contributed by atoms with E-state index in [1.807, 2.05) is 31.2 Å². The molecule has 224 valence electrons. The third-order valence-electron chi connectivity index (χ3n) is 7.53. The Labute approximate surface area is 248 Å². The van der Waals surface area contributed by atoms with E-state index in [4.69, 9.17) is 9.47 Å². The van der Waals surface area contributed by atoms with Crippen LogP contribution < -0.4 is 9.47 Å². The van der Waals surface area contributed by atoms with Crippen molar-refractivity contribution in [1.29, 1.82) is 0 Å². The second-order valence-electron chi connectivity index (χ2n) is 10.3. The molecule has 0 aliphatic carbocycles. The molecule has 9 nitrogen and oxygen atoms in total. The maximum atomic E-state index is 13.9. The molecule has 0 spiro atoms. The Bertz CT molecular complexity index is 1420. The zero-order chi connectivity index (χ0) is 30.1. The van der Waals surface area contributed by atoms with Crippen LogP contribution in [0.1, 0.15) is 42.1 Å². The van der Waals surface area contributed by atoms with Crippen LogP contribution in [-0.2, 0) is 21.4 Å². The molecule has 4 rings (SSSR count). The normalized spacial score (nSPS) is 14.0. The zero-order valence-corrected chi connectivity index (χ0v) is 25.3. The van der Waals surface area contributed by atoms with Gasteiger partial charge in [0, 0.05) is 37.8 Å². The summed E-state index contributed by atoms with van der Waals surface area (Å²) in [5.74, 6) is 1.07. The lowest BCUT2D eigenvalue weighted by Crippen LogP contribution is -2.51. The molecule has 2 amide bonds. The summed E-state index contributed by atoms with van der Waals surface area (Å²) < 4.78 is 38.7. The zero-order valence-electron chi connectivity index (χ0n) is 24.4. The topological polar surface area (TPSA) is 96.5 Å². The van der Waals surface area contributed by atoms with Gasteiger partial charge >= 0.3 is 0 Å². The number of amides is 2. The van der Waals surface area contributed by atoms with E-state index in [2.05, 4.69) is 0 Å². The van der Waals surface area contributed by atoms with Crippen LogP contribution in [0.15, 0.2) is 83.8 Å². The molecular formula is C32H39N3O6S. The molecule has 3 aromatic carbocycles. The first-order valence-electron chi connectivity index (χ1n) is 14.2. The Balaban J connectivity index is 1.52. The van der Waals surface area contributed by atoms with Crippen LogP contribution >= 0.6 is 0 Å².